The Kier molecular flexibility index (Phi) is 5.36. The highest BCUT2D eigenvalue weighted by Gasteiger charge is 2.32. The van der Waals surface area contributed by atoms with Gasteiger partial charge < -0.3 is 25.7 Å². The number of anilines is 1. The molecule has 1 aliphatic rings. The Morgan fingerprint density at radius 3 is 2.15 bits per heavy atom. The lowest BCUT2D eigenvalue weighted by molar-refractivity contribution is 0.319. The van der Waals surface area contributed by atoms with Crippen molar-refractivity contribution in [3.63, 3.8) is 0 Å². The van der Waals surface area contributed by atoms with Crippen molar-refractivity contribution in [3.05, 3.63) is 47.5 Å². The van der Waals surface area contributed by atoms with Crippen LogP contribution in [0.5, 0.6) is 17.2 Å². The van der Waals surface area contributed by atoms with Crippen LogP contribution in [0.4, 0.5) is 5.69 Å². The van der Waals surface area contributed by atoms with Gasteiger partial charge in [0.15, 0.2) is 16.6 Å². The third-order valence-electron chi connectivity index (χ3n) is 4.45. The smallest absolute Gasteiger partial charge is 0.203 e. The molecule has 8 heteroatoms. The van der Waals surface area contributed by atoms with Crippen LogP contribution in [-0.4, -0.2) is 37.2 Å². The van der Waals surface area contributed by atoms with E-state index in [1.54, 1.807) is 26.3 Å². The molecule has 0 aliphatic carbocycles. The fourth-order valence-electron chi connectivity index (χ4n) is 3.12. The average molecular weight is 386 g/mol. The zero-order valence-corrected chi connectivity index (χ0v) is 16.2. The summed E-state index contributed by atoms with van der Waals surface area (Å²) in [4.78, 5) is 0. The first kappa shape index (κ1) is 18.8. The second-order valence-corrected chi connectivity index (χ2v) is 6.45. The first-order valence-electron chi connectivity index (χ1n) is 8.30. The second-order valence-electron chi connectivity index (χ2n) is 6.03. The van der Waals surface area contributed by atoms with Crippen molar-refractivity contribution in [2.24, 2.45) is 10.8 Å². The maximum absolute atomic E-state index is 5.93. The Morgan fingerprint density at radius 1 is 1.07 bits per heavy atom. The van der Waals surface area contributed by atoms with Gasteiger partial charge in [0, 0.05) is 12.1 Å². The molecule has 1 heterocycles. The van der Waals surface area contributed by atoms with E-state index in [9.17, 15) is 0 Å². The molecule has 27 heavy (non-hydrogen) atoms. The molecule has 4 N–H and O–H groups in total. The van der Waals surface area contributed by atoms with E-state index in [4.69, 9.17) is 37.9 Å². The van der Waals surface area contributed by atoms with E-state index in [2.05, 4.69) is 5.10 Å². The van der Waals surface area contributed by atoms with Crippen molar-refractivity contribution in [2.75, 3.05) is 27.1 Å². The fourth-order valence-corrected chi connectivity index (χ4v) is 3.29. The highest BCUT2D eigenvalue weighted by atomic mass is 32.1. The largest absolute Gasteiger partial charge is 0.493 e. The third-order valence-corrected chi connectivity index (χ3v) is 4.64. The Labute approximate surface area is 163 Å². The van der Waals surface area contributed by atoms with Crippen molar-refractivity contribution in [1.29, 1.82) is 0 Å². The molecule has 1 aliphatic heterocycles. The zero-order chi connectivity index (χ0) is 19.6. The monoisotopic (exact) mass is 386 g/mol. The van der Waals surface area contributed by atoms with Crippen LogP contribution in [0, 0.1) is 0 Å². The Balaban J connectivity index is 2.01. The molecule has 0 radical (unpaired) electrons. The molecule has 0 amide bonds. The molecular weight excluding hydrogens is 364 g/mol. The molecular formula is C19H22N4O3S. The number of rotatable bonds is 5. The number of nitrogens with two attached hydrogens (primary N) is 2. The number of nitrogens with zero attached hydrogens (tertiary/aromatic N) is 2. The summed E-state index contributed by atoms with van der Waals surface area (Å²) in [6.45, 7) is 0. The van der Waals surface area contributed by atoms with Crippen LogP contribution in [0.25, 0.3) is 0 Å². The van der Waals surface area contributed by atoms with Gasteiger partial charge in [0.05, 0.1) is 33.1 Å². The van der Waals surface area contributed by atoms with Crippen molar-refractivity contribution >= 4 is 28.7 Å². The highest BCUT2D eigenvalue weighted by molar-refractivity contribution is 7.80. The van der Waals surface area contributed by atoms with E-state index >= 15 is 0 Å². The van der Waals surface area contributed by atoms with Gasteiger partial charge in [-0.1, -0.05) is 12.1 Å². The molecule has 0 saturated carbocycles. The normalized spacial score (nSPS) is 16.0. The summed E-state index contributed by atoms with van der Waals surface area (Å²) in [5.74, 6) is 1.66. The number of methoxy groups -OCH3 is 3. The van der Waals surface area contributed by atoms with Crippen molar-refractivity contribution in [3.8, 4) is 17.2 Å². The van der Waals surface area contributed by atoms with Gasteiger partial charge >= 0.3 is 0 Å². The number of hydrogen-bond donors (Lipinski definition) is 2. The summed E-state index contributed by atoms with van der Waals surface area (Å²) < 4.78 is 16.3. The molecule has 0 aromatic heterocycles. The number of hydrazone groups is 1. The van der Waals surface area contributed by atoms with Gasteiger partial charge in [0.2, 0.25) is 5.75 Å². The molecule has 2 aromatic rings. The van der Waals surface area contributed by atoms with Gasteiger partial charge in [0.1, 0.15) is 0 Å². The summed E-state index contributed by atoms with van der Waals surface area (Å²) in [5.41, 5.74) is 15.2. The molecule has 0 fully saturated rings. The molecule has 2 aromatic carbocycles. The first-order chi connectivity index (χ1) is 13.0. The van der Waals surface area contributed by atoms with E-state index in [-0.39, 0.29) is 11.2 Å². The summed E-state index contributed by atoms with van der Waals surface area (Å²) in [5, 5.41) is 6.46. The predicted octanol–water partition coefficient (Wildman–Crippen LogP) is 2.69. The number of ether oxygens (including phenoxy) is 3. The highest BCUT2D eigenvalue weighted by Crippen LogP contribution is 2.43. The fraction of sp³-hybridized carbons (Fsp3) is 0.263. The van der Waals surface area contributed by atoms with Crippen LogP contribution in [-0.2, 0) is 0 Å². The lowest BCUT2D eigenvalue weighted by Gasteiger charge is -2.23. The molecule has 1 unspecified atom stereocenters. The molecule has 0 spiro atoms. The first-order valence-corrected chi connectivity index (χ1v) is 8.71. The van der Waals surface area contributed by atoms with E-state index in [1.807, 2.05) is 36.4 Å². The van der Waals surface area contributed by atoms with Crippen LogP contribution < -0.4 is 25.7 Å². The summed E-state index contributed by atoms with van der Waals surface area (Å²) in [6.07, 6.45) is 0.625. The van der Waals surface area contributed by atoms with Gasteiger partial charge in [-0.3, -0.25) is 0 Å². The quantitative estimate of drug-likeness (QED) is 0.602. The second kappa shape index (κ2) is 7.71. The summed E-state index contributed by atoms with van der Waals surface area (Å²) in [6, 6.07) is 11.2. The van der Waals surface area contributed by atoms with Gasteiger partial charge in [-0.05, 0) is 47.6 Å². The Morgan fingerprint density at radius 2 is 1.67 bits per heavy atom. The number of nitrogen functional groups attached to an aromatic ring is 1. The minimum Gasteiger partial charge on any atom is -0.493 e. The average Bonchev–Trinajstić information content (AvgIpc) is 3.13. The lowest BCUT2D eigenvalue weighted by Crippen LogP contribution is -2.31. The van der Waals surface area contributed by atoms with Crippen LogP contribution in [0.1, 0.15) is 23.6 Å². The standard InChI is InChI=1S/C19H22N4O3S/c1-24-16-8-12(9-17(25-2)18(16)26-3)15-10-14(22-23(15)19(21)27)11-4-6-13(20)7-5-11/h4-9,15H,10,20H2,1-3H3,(H2,21,27). The Bertz CT molecular complexity index is 858. The molecule has 3 rings (SSSR count). The number of benzene rings is 2. The molecule has 7 nitrogen and oxygen atoms in total. The maximum atomic E-state index is 5.93. The molecule has 0 saturated heterocycles. The van der Waals surface area contributed by atoms with Crippen molar-refractivity contribution < 1.29 is 14.2 Å². The zero-order valence-electron chi connectivity index (χ0n) is 15.4. The van der Waals surface area contributed by atoms with Gasteiger partial charge in [-0.25, -0.2) is 5.01 Å². The van der Waals surface area contributed by atoms with Crippen LogP contribution in [0.2, 0.25) is 0 Å². The van der Waals surface area contributed by atoms with E-state index in [1.165, 1.54) is 0 Å². The SMILES string of the molecule is COc1cc(C2CC(c3ccc(N)cc3)=NN2C(N)=S)cc(OC)c1OC. The summed E-state index contributed by atoms with van der Waals surface area (Å²) >= 11 is 5.22. The number of thiocarbonyl (C=S) groups is 1. The van der Waals surface area contributed by atoms with Gasteiger partial charge in [0.25, 0.3) is 0 Å². The van der Waals surface area contributed by atoms with Gasteiger partial charge in [-0.15, -0.1) is 0 Å². The third kappa shape index (κ3) is 3.61. The minimum atomic E-state index is -0.177. The van der Waals surface area contributed by atoms with E-state index in [0.29, 0.717) is 29.4 Å². The Hall–Kier alpha value is -3.00. The topological polar surface area (TPSA) is 95.3 Å². The molecule has 1 atom stereocenters. The van der Waals surface area contributed by atoms with E-state index in [0.717, 1.165) is 16.8 Å². The summed E-state index contributed by atoms with van der Waals surface area (Å²) in [7, 11) is 4.73. The van der Waals surface area contributed by atoms with Crippen molar-refractivity contribution in [2.45, 2.75) is 12.5 Å². The van der Waals surface area contributed by atoms with Crippen molar-refractivity contribution in [1.82, 2.24) is 5.01 Å². The lowest BCUT2D eigenvalue weighted by atomic mass is 9.97. The molecule has 142 valence electrons. The predicted molar refractivity (Wildman–Crippen MR) is 109 cm³/mol. The minimum absolute atomic E-state index is 0.177. The molecule has 0 bridgehead atoms. The van der Waals surface area contributed by atoms with Gasteiger partial charge in [-0.2, -0.15) is 5.10 Å². The van der Waals surface area contributed by atoms with Crippen LogP contribution >= 0.6 is 12.2 Å². The van der Waals surface area contributed by atoms with Crippen LogP contribution in [0.3, 0.4) is 0 Å². The van der Waals surface area contributed by atoms with E-state index < -0.39 is 0 Å². The number of hydrogen-bond acceptors (Lipinski definition) is 6. The maximum Gasteiger partial charge on any atom is 0.203 e. The van der Waals surface area contributed by atoms with Crippen LogP contribution in [0.15, 0.2) is 41.5 Å².